The highest BCUT2D eigenvalue weighted by atomic mass is 35.5. The Bertz CT molecular complexity index is 1490. The number of hydrogen-bond acceptors (Lipinski definition) is 3. The van der Waals surface area contributed by atoms with E-state index in [0.29, 0.717) is 5.56 Å². The van der Waals surface area contributed by atoms with Gasteiger partial charge in [0, 0.05) is 18.7 Å². The number of H-pyrrole nitrogens is 1. The van der Waals surface area contributed by atoms with Crippen LogP contribution in [-0.4, -0.2) is 17.7 Å². The van der Waals surface area contributed by atoms with Crippen LogP contribution in [0, 0.1) is 20.8 Å². The predicted molar refractivity (Wildman–Crippen MR) is 133 cm³/mol. The Balaban J connectivity index is 1.80. The van der Waals surface area contributed by atoms with Gasteiger partial charge in [-0.1, -0.05) is 65.7 Å². The normalized spacial score (nSPS) is 11.9. The molecule has 0 aliphatic heterocycles. The number of hydrogen-bond donors (Lipinski definition) is 1. The van der Waals surface area contributed by atoms with Gasteiger partial charge in [-0.3, -0.25) is 4.79 Å². The van der Waals surface area contributed by atoms with Gasteiger partial charge in [-0.05, 0) is 61.0 Å². The molecule has 0 fully saturated rings. The topological polar surface area (TPSA) is 70.2 Å². The van der Waals surface area contributed by atoms with Crippen molar-refractivity contribution in [3.8, 4) is 0 Å². The number of nitrogens with zero attached hydrogens (tertiary/aromatic N) is 1. The van der Waals surface area contributed by atoms with Gasteiger partial charge in [-0.2, -0.15) is 4.31 Å². The van der Waals surface area contributed by atoms with Gasteiger partial charge in [0.25, 0.3) is 5.56 Å². The van der Waals surface area contributed by atoms with E-state index in [1.165, 1.54) is 10.4 Å². The molecule has 4 rings (SSSR count). The van der Waals surface area contributed by atoms with Crippen molar-refractivity contribution >= 4 is 32.5 Å². The SMILES string of the molecule is Cc1ccc(CN(Cc2cc3ccc(C)c(C)c3[nH]c2=O)S(=O)(=O)c2ccccc2Cl)cc1. The molecule has 1 aromatic heterocycles. The Labute approximate surface area is 198 Å². The number of halogens is 1. The molecule has 0 unspecified atom stereocenters. The van der Waals surface area contributed by atoms with Crippen LogP contribution in [0.5, 0.6) is 0 Å². The first-order valence-corrected chi connectivity index (χ1v) is 12.4. The summed E-state index contributed by atoms with van der Waals surface area (Å²) in [5.74, 6) is 0. The zero-order chi connectivity index (χ0) is 23.8. The van der Waals surface area contributed by atoms with E-state index in [4.69, 9.17) is 11.6 Å². The third-order valence-corrected chi connectivity index (χ3v) is 8.20. The van der Waals surface area contributed by atoms with Gasteiger partial charge in [0.05, 0.1) is 10.5 Å². The molecule has 1 heterocycles. The molecule has 0 aliphatic carbocycles. The number of sulfonamides is 1. The molecule has 0 saturated carbocycles. The maximum Gasteiger partial charge on any atom is 0.252 e. The molecule has 0 spiro atoms. The highest BCUT2D eigenvalue weighted by Crippen LogP contribution is 2.27. The number of rotatable bonds is 6. The molecule has 0 saturated heterocycles. The maximum absolute atomic E-state index is 13.6. The van der Waals surface area contributed by atoms with Crippen molar-refractivity contribution in [2.24, 2.45) is 0 Å². The van der Waals surface area contributed by atoms with Crippen molar-refractivity contribution in [3.05, 3.63) is 110 Å². The molecule has 0 bridgehead atoms. The first-order chi connectivity index (χ1) is 15.7. The molecule has 33 heavy (non-hydrogen) atoms. The number of nitrogens with one attached hydrogen (secondary N) is 1. The van der Waals surface area contributed by atoms with Crippen molar-refractivity contribution in [2.75, 3.05) is 0 Å². The van der Waals surface area contributed by atoms with Gasteiger partial charge in [-0.15, -0.1) is 0 Å². The number of aromatic nitrogens is 1. The van der Waals surface area contributed by atoms with E-state index in [9.17, 15) is 13.2 Å². The van der Waals surface area contributed by atoms with Gasteiger partial charge < -0.3 is 4.98 Å². The average molecular weight is 481 g/mol. The van der Waals surface area contributed by atoms with E-state index in [-0.39, 0.29) is 28.6 Å². The third kappa shape index (κ3) is 4.74. The summed E-state index contributed by atoms with van der Waals surface area (Å²) in [6.07, 6.45) is 0. The number of fused-ring (bicyclic) bond motifs is 1. The van der Waals surface area contributed by atoms with Crippen molar-refractivity contribution < 1.29 is 8.42 Å². The highest BCUT2D eigenvalue weighted by molar-refractivity contribution is 7.89. The molecule has 7 heteroatoms. The summed E-state index contributed by atoms with van der Waals surface area (Å²) >= 11 is 6.25. The van der Waals surface area contributed by atoms with Crippen LogP contribution in [0.4, 0.5) is 0 Å². The van der Waals surface area contributed by atoms with Crippen LogP contribution in [0.3, 0.4) is 0 Å². The summed E-state index contributed by atoms with van der Waals surface area (Å²) in [5, 5.41) is 1.00. The summed E-state index contributed by atoms with van der Waals surface area (Å²) in [6, 6.07) is 19.7. The maximum atomic E-state index is 13.6. The van der Waals surface area contributed by atoms with E-state index < -0.39 is 10.0 Å². The van der Waals surface area contributed by atoms with E-state index in [1.54, 1.807) is 24.3 Å². The van der Waals surface area contributed by atoms with Crippen molar-refractivity contribution in [1.82, 2.24) is 9.29 Å². The zero-order valence-electron chi connectivity index (χ0n) is 18.7. The number of aromatic amines is 1. The first-order valence-electron chi connectivity index (χ1n) is 10.6. The summed E-state index contributed by atoms with van der Waals surface area (Å²) in [4.78, 5) is 15.9. The molecule has 0 aliphatic rings. The lowest BCUT2D eigenvalue weighted by Crippen LogP contribution is -2.32. The van der Waals surface area contributed by atoms with Crippen molar-refractivity contribution in [3.63, 3.8) is 0 Å². The zero-order valence-corrected chi connectivity index (χ0v) is 20.3. The monoisotopic (exact) mass is 480 g/mol. The minimum absolute atomic E-state index is 0.0162. The van der Waals surface area contributed by atoms with Crippen LogP contribution in [-0.2, 0) is 23.1 Å². The Hall–Kier alpha value is -2.93. The lowest BCUT2D eigenvalue weighted by Gasteiger charge is -2.23. The summed E-state index contributed by atoms with van der Waals surface area (Å²) in [7, 11) is -3.97. The number of benzene rings is 3. The van der Waals surface area contributed by atoms with Crippen LogP contribution in [0.25, 0.3) is 10.9 Å². The minimum atomic E-state index is -3.97. The number of aryl methyl sites for hydroxylation is 3. The van der Waals surface area contributed by atoms with Crippen LogP contribution >= 0.6 is 11.6 Å². The van der Waals surface area contributed by atoms with Gasteiger partial charge in [0.15, 0.2) is 0 Å². The quantitative estimate of drug-likeness (QED) is 0.396. The fourth-order valence-electron chi connectivity index (χ4n) is 3.79. The molecular weight excluding hydrogens is 456 g/mol. The Morgan fingerprint density at radius 1 is 0.909 bits per heavy atom. The standard InChI is InChI=1S/C26H25ClN2O3S/c1-17-8-11-20(12-9-17)15-29(33(31,32)24-7-5-4-6-23(24)27)16-22-14-21-13-10-18(2)19(3)25(21)28-26(22)30/h4-14H,15-16H2,1-3H3,(H,28,30). The second-order valence-electron chi connectivity index (χ2n) is 8.28. The van der Waals surface area contributed by atoms with Crippen LogP contribution < -0.4 is 5.56 Å². The molecule has 1 N–H and O–H groups in total. The number of pyridine rings is 1. The Morgan fingerprint density at radius 3 is 2.30 bits per heavy atom. The van der Waals surface area contributed by atoms with E-state index in [2.05, 4.69) is 4.98 Å². The minimum Gasteiger partial charge on any atom is -0.321 e. The van der Waals surface area contributed by atoms with Crippen LogP contribution in [0.2, 0.25) is 5.02 Å². The lowest BCUT2D eigenvalue weighted by molar-refractivity contribution is 0.400. The van der Waals surface area contributed by atoms with Gasteiger partial charge in [0.1, 0.15) is 4.90 Å². The third-order valence-electron chi connectivity index (χ3n) is 5.91. The average Bonchev–Trinajstić information content (AvgIpc) is 2.78. The first kappa shape index (κ1) is 23.2. The smallest absolute Gasteiger partial charge is 0.252 e. The van der Waals surface area contributed by atoms with E-state index in [0.717, 1.165) is 33.2 Å². The molecule has 170 valence electrons. The fourth-order valence-corrected chi connectivity index (χ4v) is 5.69. The van der Waals surface area contributed by atoms with E-state index >= 15 is 0 Å². The molecule has 0 radical (unpaired) electrons. The van der Waals surface area contributed by atoms with Crippen molar-refractivity contribution in [2.45, 2.75) is 38.8 Å². The highest BCUT2D eigenvalue weighted by Gasteiger charge is 2.28. The molecular formula is C26H25ClN2O3S. The fraction of sp³-hybridized carbons (Fsp3) is 0.192. The second-order valence-corrected chi connectivity index (χ2v) is 10.6. The Morgan fingerprint density at radius 2 is 1.61 bits per heavy atom. The molecule has 3 aromatic carbocycles. The molecule has 4 aromatic rings. The molecule has 5 nitrogen and oxygen atoms in total. The van der Waals surface area contributed by atoms with E-state index in [1.807, 2.05) is 57.2 Å². The van der Waals surface area contributed by atoms with Gasteiger partial charge in [-0.25, -0.2) is 8.42 Å². The van der Waals surface area contributed by atoms with Crippen molar-refractivity contribution in [1.29, 1.82) is 0 Å². The van der Waals surface area contributed by atoms with Gasteiger partial charge in [0.2, 0.25) is 10.0 Å². The molecule has 0 amide bonds. The largest absolute Gasteiger partial charge is 0.321 e. The summed E-state index contributed by atoms with van der Waals surface area (Å²) in [5.41, 5.74) is 4.80. The summed E-state index contributed by atoms with van der Waals surface area (Å²) < 4.78 is 28.6. The lowest BCUT2D eigenvalue weighted by atomic mass is 10.0. The Kier molecular flexibility index (Phi) is 6.43. The summed E-state index contributed by atoms with van der Waals surface area (Å²) in [6.45, 7) is 5.94. The molecule has 0 atom stereocenters. The van der Waals surface area contributed by atoms with Crippen LogP contribution in [0.15, 0.2) is 76.4 Å². The second kappa shape index (κ2) is 9.14. The van der Waals surface area contributed by atoms with Crippen LogP contribution in [0.1, 0.15) is 27.8 Å². The van der Waals surface area contributed by atoms with Gasteiger partial charge >= 0.3 is 0 Å². The predicted octanol–water partition coefficient (Wildman–Crippen LogP) is 5.50.